The van der Waals surface area contributed by atoms with Gasteiger partial charge in [-0.1, -0.05) is 33.2 Å². The van der Waals surface area contributed by atoms with Gasteiger partial charge in [-0.05, 0) is 23.2 Å². The van der Waals surface area contributed by atoms with E-state index < -0.39 is 0 Å². The Kier molecular flexibility index (Phi) is 4.66. The van der Waals surface area contributed by atoms with E-state index in [4.69, 9.17) is 5.53 Å². The molecule has 0 atom stereocenters. The molecule has 0 aliphatic carbocycles. The lowest BCUT2D eigenvalue weighted by molar-refractivity contribution is -0.119. The van der Waals surface area contributed by atoms with Crippen LogP contribution in [0.2, 0.25) is 0 Å². The van der Waals surface area contributed by atoms with Gasteiger partial charge in [0.1, 0.15) is 6.54 Å². The lowest BCUT2D eigenvalue weighted by Gasteiger charge is -2.03. The first kappa shape index (κ1) is 11.6. The number of carbonyl (C=O) groups excluding carboxylic acids is 1. The number of carbonyl (C=O) groups is 1. The predicted octanol–water partition coefficient (Wildman–Crippen LogP) is 2.38. The van der Waals surface area contributed by atoms with Crippen molar-refractivity contribution >= 4 is 21.8 Å². The summed E-state index contributed by atoms with van der Waals surface area (Å²) in [6.45, 7) is 0.268. The highest BCUT2D eigenvalue weighted by Crippen LogP contribution is 2.11. The Labute approximate surface area is 95.2 Å². The maximum atomic E-state index is 11.1. The number of halogens is 1. The fourth-order valence-corrected chi connectivity index (χ4v) is 1.45. The van der Waals surface area contributed by atoms with E-state index in [0.29, 0.717) is 6.54 Å². The lowest BCUT2D eigenvalue weighted by Crippen LogP contribution is -2.24. The largest absolute Gasteiger partial charge is 0.352 e. The molecule has 0 aromatic heterocycles. The second kappa shape index (κ2) is 6.06. The zero-order valence-corrected chi connectivity index (χ0v) is 9.44. The molecule has 0 bridgehead atoms. The summed E-state index contributed by atoms with van der Waals surface area (Å²) >= 11 is 3.33. The van der Waals surface area contributed by atoms with Crippen molar-refractivity contribution in [3.8, 4) is 0 Å². The second-order valence-electron chi connectivity index (χ2n) is 2.80. The highest BCUT2D eigenvalue weighted by Gasteiger charge is 1.99. The summed E-state index contributed by atoms with van der Waals surface area (Å²) in [6.07, 6.45) is 0. The molecule has 1 aromatic carbocycles. The van der Waals surface area contributed by atoms with Crippen molar-refractivity contribution < 1.29 is 4.79 Å². The van der Waals surface area contributed by atoms with E-state index >= 15 is 0 Å². The van der Waals surface area contributed by atoms with Crippen LogP contribution in [0.4, 0.5) is 0 Å². The van der Waals surface area contributed by atoms with E-state index in [1.165, 1.54) is 0 Å². The Morgan fingerprint density at radius 1 is 1.60 bits per heavy atom. The second-order valence-corrected chi connectivity index (χ2v) is 3.71. The summed E-state index contributed by atoms with van der Waals surface area (Å²) in [6, 6.07) is 7.61. The Balaban J connectivity index is 2.43. The molecule has 1 aromatic rings. The van der Waals surface area contributed by atoms with Gasteiger partial charge in [0.2, 0.25) is 5.91 Å². The molecular weight excluding hydrogens is 260 g/mol. The summed E-state index contributed by atoms with van der Waals surface area (Å²) in [7, 11) is 0. The summed E-state index contributed by atoms with van der Waals surface area (Å²) in [5.74, 6) is -0.284. The maximum absolute atomic E-state index is 11.1. The molecule has 0 unspecified atom stereocenters. The van der Waals surface area contributed by atoms with E-state index in [2.05, 4.69) is 31.3 Å². The predicted molar refractivity (Wildman–Crippen MR) is 60.0 cm³/mol. The molecule has 1 amide bonds. The van der Waals surface area contributed by atoms with E-state index in [1.54, 1.807) is 0 Å². The number of nitrogens with zero attached hydrogens (tertiary/aromatic N) is 3. The molecule has 1 N–H and O–H groups in total. The van der Waals surface area contributed by atoms with Crippen LogP contribution < -0.4 is 5.32 Å². The van der Waals surface area contributed by atoms with Gasteiger partial charge in [-0.25, -0.2) is 0 Å². The quantitative estimate of drug-likeness (QED) is 0.508. The summed E-state index contributed by atoms with van der Waals surface area (Å²) in [5.41, 5.74) is 8.99. The van der Waals surface area contributed by atoms with Gasteiger partial charge in [-0.3, -0.25) is 4.79 Å². The van der Waals surface area contributed by atoms with Crippen LogP contribution in [0.3, 0.4) is 0 Å². The van der Waals surface area contributed by atoms with Gasteiger partial charge in [-0.2, -0.15) is 0 Å². The van der Waals surface area contributed by atoms with Crippen LogP contribution in [-0.2, 0) is 11.3 Å². The van der Waals surface area contributed by atoms with Crippen molar-refractivity contribution in [1.82, 2.24) is 5.32 Å². The van der Waals surface area contributed by atoms with Crippen LogP contribution in [0.5, 0.6) is 0 Å². The number of hydrogen-bond donors (Lipinski definition) is 1. The fourth-order valence-electron chi connectivity index (χ4n) is 0.999. The Morgan fingerprint density at radius 2 is 2.40 bits per heavy atom. The third kappa shape index (κ3) is 4.49. The zero-order chi connectivity index (χ0) is 11.1. The van der Waals surface area contributed by atoms with Gasteiger partial charge in [0.25, 0.3) is 0 Å². The van der Waals surface area contributed by atoms with Crippen LogP contribution in [-0.4, -0.2) is 12.5 Å². The molecule has 6 heteroatoms. The summed E-state index contributed by atoms with van der Waals surface area (Å²) in [4.78, 5) is 13.6. The highest BCUT2D eigenvalue weighted by atomic mass is 79.9. The first-order valence-corrected chi connectivity index (χ1v) is 5.03. The van der Waals surface area contributed by atoms with Gasteiger partial charge < -0.3 is 5.32 Å². The number of hydrogen-bond acceptors (Lipinski definition) is 2. The average molecular weight is 269 g/mol. The molecular formula is C9H9BrN4O. The Morgan fingerprint density at radius 3 is 3.07 bits per heavy atom. The van der Waals surface area contributed by atoms with Crippen LogP contribution in [0.25, 0.3) is 10.4 Å². The SMILES string of the molecule is [N-]=[N+]=NCC(=O)NCc1cccc(Br)c1. The van der Waals surface area contributed by atoms with E-state index in [9.17, 15) is 4.79 Å². The number of nitrogens with one attached hydrogen (secondary N) is 1. The monoisotopic (exact) mass is 268 g/mol. The topological polar surface area (TPSA) is 77.9 Å². The number of rotatable bonds is 4. The van der Waals surface area contributed by atoms with Crippen molar-refractivity contribution in [3.05, 3.63) is 44.7 Å². The first-order chi connectivity index (χ1) is 7.22. The van der Waals surface area contributed by atoms with Crippen molar-refractivity contribution in [2.45, 2.75) is 6.54 Å². The van der Waals surface area contributed by atoms with Crippen molar-refractivity contribution in [2.75, 3.05) is 6.54 Å². The highest BCUT2D eigenvalue weighted by molar-refractivity contribution is 9.10. The standard InChI is InChI=1S/C9H9BrN4O/c10-8-3-1-2-7(4-8)5-12-9(15)6-13-14-11/h1-4H,5-6H2,(H,12,15). The molecule has 78 valence electrons. The summed E-state index contributed by atoms with van der Waals surface area (Å²) < 4.78 is 0.962. The Bertz CT molecular complexity index is 401. The van der Waals surface area contributed by atoms with Gasteiger partial charge >= 0.3 is 0 Å². The minimum atomic E-state index is -0.284. The molecule has 15 heavy (non-hydrogen) atoms. The first-order valence-electron chi connectivity index (χ1n) is 4.24. The van der Waals surface area contributed by atoms with Gasteiger partial charge in [-0.15, -0.1) is 0 Å². The number of benzene rings is 1. The number of azide groups is 1. The lowest BCUT2D eigenvalue weighted by atomic mass is 10.2. The number of amides is 1. The minimum Gasteiger partial charge on any atom is -0.352 e. The molecule has 0 saturated carbocycles. The zero-order valence-electron chi connectivity index (χ0n) is 7.85. The van der Waals surface area contributed by atoms with Crippen molar-refractivity contribution in [1.29, 1.82) is 0 Å². The average Bonchev–Trinajstić information content (AvgIpc) is 2.23. The van der Waals surface area contributed by atoms with Crippen LogP contribution in [0.1, 0.15) is 5.56 Å². The van der Waals surface area contributed by atoms with Crippen LogP contribution in [0.15, 0.2) is 33.9 Å². The molecule has 0 spiro atoms. The molecule has 1 rings (SSSR count). The van der Waals surface area contributed by atoms with E-state index in [0.717, 1.165) is 10.0 Å². The maximum Gasteiger partial charge on any atom is 0.226 e. The van der Waals surface area contributed by atoms with Gasteiger partial charge in [0, 0.05) is 15.9 Å². The molecule has 0 saturated heterocycles. The van der Waals surface area contributed by atoms with Crippen LogP contribution in [0, 0.1) is 0 Å². The third-order valence-corrected chi connectivity index (χ3v) is 2.15. The molecule has 0 aliphatic rings. The normalized spacial score (nSPS) is 9.13. The smallest absolute Gasteiger partial charge is 0.226 e. The van der Waals surface area contributed by atoms with Crippen LogP contribution >= 0.6 is 15.9 Å². The third-order valence-electron chi connectivity index (χ3n) is 1.66. The molecule has 0 aliphatic heterocycles. The van der Waals surface area contributed by atoms with Gasteiger partial charge in [0.05, 0.1) is 0 Å². The fraction of sp³-hybridized carbons (Fsp3) is 0.222. The molecule has 0 heterocycles. The molecule has 0 radical (unpaired) electrons. The molecule has 0 fully saturated rings. The minimum absolute atomic E-state index is 0.162. The van der Waals surface area contributed by atoms with E-state index in [-0.39, 0.29) is 12.5 Å². The van der Waals surface area contributed by atoms with Crippen molar-refractivity contribution in [3.63, 3.8) is 0 Å². The Hall–Kier alpha value is -1.52. The summed E-state index contributed by atoms with van der Waals surface area (Å²) in [5, 5.41) is 5.80. The van der Waals surface area contributed by atoms with Crippen molar-refractivity contribution in [2.24, 2.45) is 5.11 Å². The van der Waals surface area contributed by atoms with E-state index in [1.807, 2.05) is 24.3 Å². The molecule has 5 nitrogen and oxygen atoms in total. The van der Waals surface area contributed by atoms with Gasteiger partial charge in [0.15, 0.2) is 0 Å².